The van der Waals surface area contributed by atoms with Crippen LogP contribution in [0.15, 0.2) is 0 Å². The fourth-order valence-electron chi connectivity index (χ4n) is 2.19. The van der Waals surface area contributed by atoms with Gasteiger partial charge < -0.3 is 10.0 Å². The lowest BCUT2D eigenvalue weighted by Crippen LogP contribution is -2.31. The van der Waals surface area contributed by atoms with Gasteiger partial charge in [-0.3, -0.25) is 4.79 Å². The Balaban J connectivity index is 2.51. The highest BCUT2D eigenvalue weighted by atomic mass is 16.4. The summed E-state index contributed by atoms with van der Waals surface area (Å²) >= 11 is 0. The first-order valence-corrected chi connectivity index (χ1v) is 5.25. The van der Waals surface area contributed by atoms with Crippen LogP contribution in [0.1, 0.15) is 27.7 Å². The van der Waals surface area contributed by atoms with E-state index in [0.717, 1.165) is 13.1 Å². The summed E-state index contributed by atoms with van der Waals surface area (Å²) in [6.07, 6.45) is 0. The minimum absolute atomic E-state index is 0.169. The van der Waals surface area contributed by atoms with Gasteiger partial charge in [-0.2, -0.15) is 0 Å². The highest BCUT2D eigenvalue weighted by molar-refractivity contribution is 5.71. The molecule has 1 fully saturated rings. The van der Waals surface area contributed by atoms with Gasteiger partial charge in [0.15, 0.2) is 0 Å². The van der Waals surface area contributed by atoms with Crippen LogP contribution in [0.4, 0.5) is 0 Å². The monoisotopic (exact) mass is 199 g/mol. The molecule has 1 N–H and O–H groups in total. The zero-order valence-electron chi connectivity index (χ0n) is 9.58. The van der Waals surface area contributed by atoms with Crippen molar-refractivity contribution in [3.63, 3.8) is 0 Å². The Morgan fingerprint density at radius 2 is 2.00 bits per heavy atom. The predicted octanol–water partition coefficient (Wildman–Crippen LogP) is 1.69. The lowest BCUT2D eigenvalue weighted by Gasteiger charge is -2.26. The summed E-state index contributed by atoms with van der Waals surface area (Å²) in [5.41, 5.74) is 0.257. The number of rotatable bonds is 2. The van der Waals surface area contributed by atoms with Gasteiger partial charge in [-0.15, -0.1) is 0 Å². The highest BCUT2D eigenvalue weighted by Crippen LogP contribution is 2.26. The largest absolute Gasteiger partial charge is 0.481 e. The molecule has 0 aromatic heterocycles. The van der Waals surface area contributed by atoms with Crippen LogP contribution in [0.25, 0.3) is 0 Å². The summed E-state index contributed by atoms with van der Waals surface area (Å²) in [6.45, 7) is 11.2. The van der Waals surface area contributed by atoms with Gasteiger partial charge in [0.2, 0.25) is 0 Å². The SMILES string of the molecule is C[C@@H]1CN(CC(C)(C)C)C[C@H]1C(=O)O. The fourth-order valence-corrected chi connectivity index (χ4v) is 2.19. The second kappa shape index (κ2) is 3.89. The number of carbonyl (C=O) groups is 1. The van der Waals surface area contributed by atoms with Crippen molar-refractivity contribution in [1.82, 2.24) is 4.90 Å². The van der Waals surface area contributed by atoms with Crippen LogP contribution in [-0.4, -0.2) is 35.6 Å². The molecule has 1 aliphatic heterocycles. The first kappa shape index (κ1) is 11.5. The smallest absolute Gasteiger partial charge is 0.308 e. The molecule has 0 unspecified atom stereocenters. The van der Waals surface area contributed by atoms with Gasteiger partial charge in [-0.25, -0.2) is 0 Å². The highest BCUT2D eigenvalue weighted by Gasteiger charge is 2.35. The number of aliphatic carboxylic acids is 1. The van der Waals surface area contributed by atoms with E-state index < -0.39 is 5.97 Å². The second-order valence-corrected chi connectivity index (χ2v) is 5.68. The molecular weight excluding hydrogens is 178 g/mol. The van der Waals surface area contributed by atoms with E-state index in [-0.39, 0.29) is 17.3 Å². The van der Waals surface area contributed by atoms with E-state index in [1.807, 2.05) is 6.92 Å². The van der Waals surface area contributed by atoms with Gasteiger partial charge in [0.25, 0.3) is 0 Å². The third-order valence-electron chi connectivity index (χ3n) is 2.70. The van der Waals surface area contributed by atoms with Gasteiger partial charge in [0.1, 0.15) is 0 Å². The Morgan fingerprint density at radius 3 is 2.36 bits per heavy atom. The molecule has 14 heavy (non-hydrogen) atoms. The molecular formula is C11H21NO2. The molecule has 0 amide bonds. The molecule has 1 aliphatic rings. The van der Waals surface area contributed by atoms with Crippen molar-refractivity contribution in [2.75, 3.05) is 19.6 Å². The third kappa shape index (κ3) is 2.98. The zero-order valence-corrected chi connectivity index (χ0v) is 9.58. The molecule has 0 spiro atoms. The van der Waals surface area contributed by atoms with Gasteiger partial charge in [-0.05, 0) is 11.3 Å². The van der Waals surface area contributed by atoms with Crippen molar-refractivity contribution in [1.29, 1.82) is 0 Å². The molecule has 1 rings (SSSR count). The van der Waals surface area contributed by atoms with E-state index in [1.54, 1.807) is 0 Å². The molecule has 0 aromatic carbocycles. The molecule has 0 aromatic rings. The standard InChI is InChI=1S/C11H21NO2/c1-8-5-12(7-11(2,3)4)6-9(8)10(13)14/h8-9H,5-7H2,1-4H3,(H,13,14)/t8-,9-/m1/s1. The average molecular weight is 199 g/mol. The Bertz CT molecular complexity index is 220. The minimum Gasteiger partial charge on any atom is -0.481 e. The minimum atomic E-state index is -0.645. The van der Waals surface area contributed by atoms with Crippen LogP contribution in [0.2, 0.25) is 0 Å². The molecule has 0 saturated carbocycles. The van der Waals surface area contributed by atoms with Crippen LogP contribution < -0.4 is 0 Å². The Kier molecular flexibility index (Phi) is 3.20. The van der Waals surface area contributed by atoms with E-state index in [9.17, 15) is 4.79 Å². The number of hydrogen-bond acceptors (Lipinski definition) is 2. The zero-order chi connectivity index (χ0) is 10.9. The summed E-state index contributed by atoms with van der Waals surface area (Å²) in [7, 11) is 0. The maximum Gasteiger partial charge on any atom is 0.308 e. The molecule has 3 heteroatoms. The van der Waals surface area contributed by atoms with Crippen molar-refractivity contribution >= 4 is 5.97 Å². The maximum atomic E-state index is 10.9. The third-order valence-corrected chi connectivity index (χ3v) is 2.70. The number of likely N-dealkylation sites (tertiary alicyclic amines) is 1. The summed E-state index contributed by atoms with van der Waals surface area (Å²) < 4.78 is 0. The Morgan fingerprint density at radius 1 is 1.43 bits per heavy atom. The van der Waals surface area contributed by atoms with E-state index in [1.165, 1.54) is 0 Å². The molecule has 0 aliphatic carbocycles. The number of carboxylic acid groups (broad SMARTS) is 1. The van der Waals surface area contributed by atoms with Crippen molar-refractivity contribution in [2.24, 2.45) is 17.3 Å². The van der Waals surface area contributed by atoms with Crippen LogP contribution >= 0.6 is 0 Å². The summed E-state index contributed by atoms with van der Waals surface area (Å²) in [5.74, 6) is -0.527. The molecule has 3 nitrogen and oxygen atoms in total. The van der Waals surface area contributed by atoms with E-state index in [0.29, 0.717) is 6.54 Å². The van der Waals surface area contributed by atoms with E-state index in [4.69, 9.17) is 5.11 Å². The van der Waals surface area contributed by atoms with E-state index >= 15 is 0 Å². The maximum absolute atomic E-state index is 10.9. The first-order valence-electron chi connectivity index (χ1n) is 5.25. The molecule has 0 bridgehead atoms. The molecule has 82 valence electrons. The second-order valence-electron chi connectivity index (χ2n) is 5.68. The molecule has 1 heterocycles. The summed E-state index contributed by atoms with van der Waals surface area (Å²) in [4.78, 5) is 13.2. The topological polar surface area (TPSA) is 40.5 Å². The number of nitrogens with zero attached hydrogens (tertiary/aromatic N) is 1. The van der Waals surface area contributed by atoms with Gasteiger partial charge in [0, 0.05) is 19.6 Å². The first-order chi connectivity index (χ1) is 6.29. The molecule has 1 saturated heterocycles. The Labute approximate surface area is 86.1 Å². The average Bonchev–Trinajstić information content (AvgIpc) is 2.26. The van der Waals surface area contributed by atoms with Crippen molar-refractivity contribution in [3.05, 3.63) is 0 Å². The van der Waals surface area contributed by atoms with Crippen molar-refractivity contribution < 1.29 is 9.90 Å². The van der Waals surface area contributed by atoms with Crippen LogP contribution in [-0.2, 0) is 4.79 Å². The van der Waals surface area contributed by atoms with Crippen molar-refractivity contribution in [2.45, 2.75) is 27.7 Å². The lowest BCUT2D eigenvalue weighted by atomic mass is 9.96. The summed E-state index contributed by atoms with van der Waals surface area (Å²) in [5, 5.41) is 8.97. The van der Waals surface area contributed by atoms with Crippen molar-refractivity contribution in [3.8, 4) is 0 Å². The van der Waals surface area contributed by atoms with Crippen LogP contribution in [0.3, 0.4) is 0 Å². The van der Waals surface area contributed by atoms with Crippen LogP contribution in [0, 0.1) is 17.3 Å². The predicted molar refractivity (Wildman–Crippen MR) is 56.2 cm³/mol. The fraction of sp³-hybridized carbons (Fsp3) is 0.909. The lowest BCUT2D eigenvalue weighted by molar-refractivity contribution is -0.142. The Hall–Kier alpha value is -0.570. The number of carboxylic acids is 1. The van der Waals surface area contributed by atoms with Crippen LogP contribution in [0.5, 0.6) is 0 Å². The van der Waals surface area contributed by atoms with Gasteiger partial charge in [0.05, 0.1) is 5.92 Å². The molecule has 0 radical (unpaired) electrons. The molecule has 2 atom stereocenters. The van der Waals surface area contributed by atoms with Gasteiger partial charge >= 0.3 is 5.97 Å². The quantitative estimate of drug-likeness (QED) is 0.735. The number of hydrogen-bond donors (Lipinski definition) is 1. The van der Waals surface area contributed by atoms with Gasteiger partial charge in [-0.1, -0.05) is 27.7 Å². The van der Waals surface area contributed by atoms with E-state index in [2.05, 4.69) is 25.7 Å². The normalized spacial score (nSPS) is 29.4. The summed E-state index contributed by atoms with van der Waals surface area (Å²) in [6, 6.07) is 0.